The first-order valence-electron chi connectivity index (χ1n) is 12.2. The third-order valence-corrected chi connectivity index (χ3v) is 7.85. The van der Waals surface area contributed by atoms with Crippen LogP contribution in [-0.4, -0.2) is 46.5 Å². The number of hydrogen-bond donors (Lipinski definition) is 1. The number of imide groups is 1. The number of hydrogen-bond acceptors (Lipinski definition) is 5. The second-order valence-corrected chi connectivity index (χ2v) is 10.8. The van der Waals surface area contributed by atoms with Gasteiger partial charge in [-0.1, -0.05) is 12.0 Å². The minimum atomic E-state index is -0.697. The predicted molar refractivity (Wildman–Crippen MR) is 133 cm³/mol. The number of benzene rings is 1. The van der Waals surface area contributed by atoms with Crippen LogP contribution in [0.15, 0.2) is 36.5 Å². The summed E-state index contributed by atoms with van der Waals surface area (Å²) in [7, 11) is 0. The molecule has 0 unspecified atom stereocenters. The van der Waals surface area contributed by atoms with Gasteiger partial charge >= 0.3 is 6.03 Å². The van der Waals surface area contributed by atoms with E-state index in [-0.39, 0.29) is 28.1 Å². The number of urea groups is 1. The monoisotopic (exact) mass is 483 g/mol. The lowest BCUT2D eigenvalue weighted by molar-refractivity contribution is -0.162. The zero-order chi connectivity index (χ0) is 25.7. The Kier molecular flexibility index (Phi) is 5.78. The van der Waals surface area contributed by atoms with Crippen molar-refractivity contribution >= 4 is 23.5 Å². The summed E-state index contributed by atoms with van der Waals surface area (Å²) in [6.45, 7) is 6.73. The predicted octanol–water partition coefficient (Wildman–Crippen LogP) is 3.72. The number of rotatable bonds is 2. The molecule has 3 aliphatic rings. The summed E-state index contributed by atoms with van der Waals surface area (Å²) in [5.74, 6) is 4.72. The number of likely N-dealkylation sites (tertiary alicyclic amines) is 1. The van der Waals surface area contributed by atoms with E-state index in [9.17, 15) is 19.2 Å². The average Bonchev–Trinajstić information content (AvgIpc) is 2.77. The molecule has 36 heavy (non-hydrogen) atoms. The van der Waals surface area contributed by atoms with E-state index in [0.29, 0.717) is 25.9 Å². The molecule has 2 heterocycles. The van der Waals surface area contributed by atoms with Crippen molar-refractivity contribution in [1.82, 2.24) is 15.2 Å². The van der Waals surface area contributed by atoms with Crippen LogP contribution >= 0.6 is 0 Å². The fourth-order valence-corrected chi connectivity index (χ4v) is 6.81. The molecular formula is C29H29N3O4. The molecule has 1 aliphatic heterocycles. The Morgan fingerprint density at radius 1 is 1.03 bits per heavy atom. The molecule has 1 saturated heterocycles. The Morgan fingerprint density at radius 3 is 2.22 bits per heavy atom. The summed E-state index contributed by atoms with van der Waals surface area (Å²) in [5, 5.41) is 2.38. The van der Waals surface area contributed by atoms with E-state index in [1.807, 2.05) is 26.0 Å². The fourth-order valence-electron chi connectivity index (χ4n) is 6.81. The van der Waals surface area contributed by atoms with Crippen LogP contribution in [-0.2, 0) is 9.59 Å². The maximum Gasteiger partial charge on any atom is 0.324 e. The minimum Gasteiger partial charge on any atom is -0.323 e. The topological polar surface area (TPSA) is 96.4 Å². The molecule has 184 valence electrons. The van der Waals surface area contributed by atoms with Crippen LogP contribution in [0.4, 0.5) is 4.79 Å². The van der Waals surface area contributed by atoms with Gasteiger partial charge < -0.3 is 4.90 Å². The smallest absolute Gasteiger partial charge is 0.323 e. The van der Waals surface area contributed by atoms with Crippen molar-refractivity contribution in [3.63, 3.8) is 0 Å². The number of amides is 3. The fraction of sp³-hybridized carbons (Fsp3) is 0.414. The zero-order valence-corrected chi connectivity index (χ0v) is 20.8. The summed E-state index contributed by atoms with van der Waals surface area (Å²) in [6.07, 6.45) is 3.80. The number of aryl methyl sites for hydroxylation is 2. The van der Waals surface area contributed by atoms with Crippen molar-refractivity contribution < 1.29 is 19.2 Å². The Hall–Kier alpha value is -3.79. The molecule has 0 bridgehead atoms. The van der Waals surface area contributed by atoms with Crippen LogP contribution in [0.3, 0.4) is 0 Å². The molecule has 3 fully saturated rings. The van der Waals surface area contributed by atoms with Crippen LogP contribution in [0, 0.1) is 36.5 Å². The average molecular weight is 484 g/mol. The van der Waals surface area contributed by atoms with Gasteiger partial charge in [0.05, 0.1) is 0 Å². The molecule has 1 aromatic carbocycles. The second kappa shape index (κ2) is 8.70. The Bertz CT molecular complexity index is 1290. The first-order chi connectivity index (χ1) is 17.1. The van der Waals surface area contributed by atoms with Gasteiger partial charge in [-0.3, -0.25) is 24.7 Å². The van der Waals surface area contributed by atoms with E-state index in [1.54, 1.807) is 30.0 Å². The lowest BCUT2D eigenvalue weighted by Crippen LogP contribution is -2.69. The molecule has 5 rings (SSSR count). The van der Waals surface area contributed by atoms with Gasteiger partial charge in [0.2, 0.25) is 0 Å². The lowest BCUT2D eigenvalue weighted by Gasteiger charge is -2.65. The van der Waals surface area contributed by atoms with E-state index in [4.69, 9.17) is 0 Å². The van der Waals surface area contributed by atoms with Gasteiger partial charge in [0.1, 0.15) is 23.2 Å². The Morgan fingerprint density at radius 2 is 1.67 bits per heavy atom. The van der Waals surface area contributed by atoms with Crippen molar-refractivity contribution in [2.75, 3.05) is 13.1 Å². The van der Waals surface area contributed by atoms with E-state index in [2.05, 4.69) is 22.1 Å². The number of carbonyl (C=O) groups excluding carboxylic acids is 4. The van der Waals surface area contributed by atoms with E-state index in [0.717, 1.165) is 35.1 Å². The quantitative estimate of drug-likeness (QED) is 0.519. The van der Waals surface area contributed by atoms with Crippen molar-refractivity contribution in [3.8, 4) is 11.8 Å². The van der Waals surface area contributed by atoms with Gasteiger partial charge in [0, 0.05) is 43.1 Å². The van der Waals surface area contributed by atoms with Crippen molar-refractivity contribution in [2.24, 2.45) is 10.8 Å². The molecule has 1 aromatic heterocycles. The van der Waals surface area contributed by atoms with Crippen LogP contribution in [0.5, 0.6) is 0 Å². The minimum absolute atomic E-state index is 0.00324. The molecular weight excluding hydrogens is 454 g/mol. The molecule has 0 radical (unpaired) electrons. The molecule has 2 saturated carbocycles. The highest BCUT2D eigenvalue weighted by Gasteiger charge is 2.63. The van der Waals surface area contributed by atoms with Crippen LogP contribution in [0.25, 0.3) is 0 Å². The second-order valence-electron chi connectivity index (χ2n) is 10.8. The van der Waals surface area contributed by atoms with Crippen molar-refractivity contribution in [1.29, 1.82) is 0 Å². The van der Waals surface area contributed by atoms with E-state index in [1.165, 1.54) is 6.20 Å². The third kappa shape index (κ3) is 4.11. The largest absolute Gasteiger partial charge is 0.324 e. The Labute approximate surface area is 210 Å². The molecule has 7 nitrogen and oxygen atoms in total. The molecule has 7 heteroatoms. The highest BCUT2D eigenvalue weighted by atomic mass is 16.2. The van der Waals surface area contributed by atoms with Crippen LogP contribution < -0.4 is 5.32 Å². The maximum absolute atomic E-state index is 13.3. The number of ketones is 2. The summed E-state index contributed by atoms with van der Waals surface area (Å²) in [4.78, 5) is 56.9. The summed E-state index contributed by atoms with van der Waals surface area (Å²) < 4.78 is 0. The van der Waals surface area contributed by atoms with E-state index < -0.39 is 17.9 Å². The number of nitrogens with zero attached hydrogens (tertiary/aromatic N) is 2. The standard InChI is InChI=1S/C29H29N3O4/c1-4-7-20-10-18(2)24(19(3)11-20)25-22(33)12-28(13-23(25)34)14-29(15-28)16-32(17-29)27(36)31-26(35)21-8-5-6-9-30-21/h5-6,8-11,25H,12-17H2,1-3H3,(H,31,35,36). The number of nitrogens with one attached hydrogen (secondary N) is 1. The highest BCUT2D eigenvalue weighted by molar-refractivity contribution is 6.11. The third-order valence-electron chi connectivity index (χ3n) is 7.85. The number of carbonyl (C=O) groups is 4. The highest BCUT2D eigenvalue weighted by Crippen LogP contribution is 2.64. The van der Waals surface area contributed by atoms with E-state index >= 15 is 0 Å². The molecule has 2 aliphatic carbocycles. The SMILES string of the molecule is CC#Cc1cc(C)c(C2C(=O)CC3(CC2=O)CC2(CN(C(=O)NC(=O)c4ccccn4)C2)C3)c(C)c1. The van der Waals surface area contributed by atoms with Crippen LogP contribution in [0.2, 0.25) is 0 Å². The summed E-state index contributed by atoms with van der Waals surface area (Å²) in [5.41, 5.74) is 3.42. The number of aromatic nitrogens is 1. The number of pyridine rings is 1. The normalized spacial score (nSPS) is 19.8. The van der Waals surface area contributed by atoms with Gasteiger partial charge in [-0.2, -0.15) is 0 Å². The van der Waals surface area contributed by atoms with Gasteiger partial charge in [0.15, 0.2) is 0 Å². The van der Waals surface area contributed by atoms with Gasteiger partial charge in [0.25, 0.3) is 5.91 Å². The lowest BCUT2D eigenvalue weighted by atomic mass is 9.45. The first-order valence-corrected chi connectivity index (χ1v) is 12.2. The van der Waals surface area contributed by atoms with Crippen molar-refractivity contribution in [2.45, 2.75) is 52.4 Å². The van der Waals surface area contributed by atoms with Gasteiger partial charge in [-0.05, 0) is 80.0 Å². The summed E-state index contributed by atoms with van der Waals surface area (Å²) in [6, 6.07) is 8.42. The molecule has 1 N–H and O–H groups in total. The van der Waals surface area contributed by atoms with Gasteiger partial charge in [-0.15, -0.1) is 5.92 Å². The van der Waals surface area contributed by atoms with Crippen LogP contribution in [0.1, 0.15) is 71.3 Å². The molecule has 2 aromatic rings. The zero-order valence-electron chi connectivity index (χ0n) is 20.8. The molecule has 3 amide bonds. The Balaban J connectivity index is 1.20. The maximum atomic E-state index is 13.3. The van der Waals surface area contributed by atoms with Crippen molar-refractivity contribution in [3.05, 3.63) is 64.5 Å². The first kappa shape index (κ1) is 23.9. The van der Waals surface area contributed by atoms with Gasteiger partial charge in [-0.25, -0.2) is 4.79 Å². The number of Topliss-reactive ketones (excluding diaryl/α,β-unsaturated/α-hetero) is 2. The summed E-state index contributed by atoms with van der Waals surface area (Å²) >= 11 is 0. The molecule has 2 spiro atoms. The molecule has 0 atom stereocenters.